The van der Waals surface area contributed by atoms with Gasteiger partial charge in [-0.2, -0.15) is 0 Å². The van der Waals surface area contributed by atoms with Gasteiger partial charge < -0.3 is 10.0 Å². The second-order valence-electron chi connectivity index (χ2n) is 4.39. The molecular weight excluding hydrogens is 288 g/mol. The van der Waals surface area contributed by atoms with Gasteiger partial charge in [0.25, 0.3) is 11.6 Å². The highest BCUT2D eigenvalue weighted by Crippen LogP contribution is 2.30. The maximum atomic E-state index is 12.4. The molecule has 1 atom stereocenters. The van der Waals surface area contributed by atoms with Crippen LogP contribution in [0, 0.1) is 10.1 Å². The third-order valence-corrected chi connectivity index (χ3v) is 3.52. The average molecular weight is 299 g/mol. The number of nitrogens with zero attached hydrogens (tertiary/aromatic N) is 2. The van der Waals surface area contributed by atoms with Gasteiger partial charge >= 0.3 is 5.97 Å². The Morgan fingerprint density at radius 1 is 1.45 bits per heavy atom. The number of halogens is 1. The van der Waals surface area contributed by atoms with Crippen LogP contribution >= 0.6 is 11.6 Å². The lowest BCUT2D eigenvalue weighted by Crippen LogP contribution is -2.40. The number of nitro benzene ring substituents is 1. The van der Waals surface area contributed by atoms with E-state index in [1.54, 1.807) is 0 Å². The molecule has 0 radical (unpaired) electrons. The number of likely N-dealkylation sites (tertiary alicyclic amines) is 1. The Morgan fingerprint density at radius 2 is 2.15 bits per heavy atom. The van der Waals surface area contributed by atoms with E-state index in [1.165, 1.54) is 18.2 Å². The second-order valence-corrected chi connectivity index (χ2v) is 4.79. The topological polar surface area (TPSA) is 101 Å². The maximum absolute atomic E-state index is 12.4. The van der Waals surface area contributed by atoms with Gasteiger partial charge in [-0.05, 0) is 18.9 Å². The van der Waals surface area contributed by atoms with Crippen molar-refractivity contribution < 1.29 is 19.6 Å². The Hall–Kier alpha value is -2.15. The SMILES string of the molecule is O=C(O)[C@@H]1CCCN1C(=O)c1c(Cl)cccc1[N+](=O)[O-]. The van der Waals surface area contributed by atoms with Crippen molar-refractivity contribution in [2.24, 2.45) is 0 Å². The van der Waals surface area contributed by atoms with Gasteiger partial charge in [0, 0.05) is 12.6 Å². The van der Waals surface area contributed by atoms with Crippen LogP contribution < -0.4 is 0 Å². The zero-order chi connectivity index (χ0) is 14.9. The minimum Gasteiger partial charge on any atom is -0.480 e. The van der Waals surface area contributed by atoms with Crippen molar-refractivity contribution in [1.82, 2.24) is 4.90 Å². The smallest absolute Gasteiger partial charge is 0.326 e. The lowest BCUT2D eigenvalue weighted by atomic mass is 10.1. The number of carbonyl (C=O) groups is 2. The van der Waals surface area contributed by atoms with Gasteiger partial charge in [0.2, 0.25) is 0 Å². The molecule has 1 N–H and O–H groups in total. The number of benzene rings is 1. The zero-order valence-electron chi connectivity index (χ0n) is 10.3. The van der Waals surface area contributed by atoms with E-state index in [9.17, 15) is 19.7 Å². The van der Waals surface area contributed by atoms with E-state index < -0.39 is 28.5 Å². The molecular formula is C12H11ClN2O5. The van der Waals surface area contributed by atoms with Gasteiger partial charge in [0.1, 0.15) is 11.6 Å². The molecule has 8 heteroatoms. The molecule has 1 fully saturated rings. The number of carboxylic acids is 1. The summed E-state index contributed by atoms with van der Waals surface area (Å²) in [7, 11) is 0. The van der Waals surface area contributed by atoms with Gasteiger partial charge in [-0.25, -0.2) is 4.79 Å². The van der Waals surface area contributed by atoms with Crippen molar-refractivity contribution in [2.75, 3.05) is 6.54 Å². The summed E-state index contributed by atoms with van der Waals surface area (Å²) >= 11 is 5.87. The molecule has 7 nitrogen and oxygen atoms in total. The number of carboxylic acid groups (broad SMARTS) is 1. The fraction of sp³-hybridized carbons (Fsp3) is 0.333. The molecule has 1 aromatic rings. The van der Waals surface area contributed by atoms with Gasteiger partial charge in [-0.15, -0.1) is 0 Å². The van der Waals surface area contributed by atoms with E-state index in [4.69, 9.17) is 16.7 Å². The van der Waals surface area contributed by atoms with Crippen molar-refractivity contribution in [3.8, 4) is 0 Å². The summed E-state index contributed by atoms with van der Waals surface area (Å²) in [6.07, 6.45) is 0.875. The zero-order valence-corrected chi connectivity index (χ0v) is 11.0. The predicted molar refractivity (Wildman–Crippen MR) is 69.8 cm³/mol. The first-order chi connectivity index (χ1) is 9.43. The molecule has 1 aliphatic heterocycles. The van der Waals surface area contributed by atoms with E-state index in [0.717, 1.165) is 4.90 Å². The summed E-state index contributed by atoms with van der Waals surface area (Å²) in [5, 5.41) is 20.0. The fourth-order valence-corrected chi connectivity index (χ4v) is 2.54. The van der Waals surface area contributed by atoms with Crippen LogP contribution in [0.25, 0.3) is 0 Å². The van der Waals surface area contributed by atoms with Crippen LogP contribution in [0.2, 0.25) is 5.02 Å². The minimum atomic E-state index is -1.12. The molecule has 106 valence electrons. The number of hydrogen-bond donors (Lipinski definition) is 1. The highest BCUT2D eigenvalue weighted by atomic mass is 35.5. The Bertz CT molecular complexity index is 589. The summed E-state index contributed by atoms with van der Waals surface area (Å²) in [6.45, 7) is 0.248. The number of rotatable bonds is 3. The maximum Gasteiger partial charge on any atom is 0.326 e. The molecule has 0 aliphatic carbocycles. The number of aliphatic carboxylic acids is 1. The van der Waals surface area contributed by atoms with Crippen molar-refractivity contribution in [2.45, 2.75) is 18.9 Å². The van der Waals surface area contributed by atoms with E-state index >= 15 is 0 Å². The molecule has 1 aliphatic rings. The lowest BCUT2D eigenvalue weighted by molar-refractivity contribution is -0.385. The number of amides is 1. The van der Waals surface area contributed by atoms with Crippen LogP contribution in [-0.2, 0) is 4.79 Å². The largest absolute Gasteiger partial charge is 0.480 e. The molecule has 1 amide bonds. The quantitative estimate of drug-likeness (QED) is 0.679. The summed E-state index contributed by atoms with van der Waals surface area (Å²) < 4.78 is 0. The minimum absolute atomic E-state index is 0.0553. The molecule has 0 aromatic heterocycles. The van der Waals surface area contributed by atoms with Crippen LogP contribution in [0.5, 0.6) is 0 Å². The first-order valence-corrected chi connectivity index (χ1v) is 6.28. The van der Waals surface area contributed by atoms with Crippen molar-refractivity contribution in [3.05, 3.63) is 38.9 Å². The Balaban J connectivity index is 2.44. The summed E-state index contributed by atoms with van der Waals surface area (Å²) in [5.41, 5.74) is -0.675. The first kappa shape index (κ1) is 14.3. The van der Waals surface area contributed by atoms with Gasteiger partial charge in [0.05, 0.1) is 9.95 Å². The third kappa shape index (κ3) is 2.44. The van der Waals surface area contributed by atoms with E-state index in [0.29, 0.717) is 12.8 Å². The van der Waals surface area contributed by atoms with Crippen LogP contribution in [0.4, 0.5) is 5.69 Å². The summed E-state index contributed by atoms with van der Waals surface area (Å²) in [5.74, 6) is -1.84. The van der Waals surface area contributed by atoms with Crippen molar-refractivity contribution >= 4 is 29.2 Å². The van der Waals surface area contributed by atoms with Crippen molar-refractivity contribution in [1.29, 1.82) is 0 Å². The van der Waals surface area contributed by atoms with Crippen LogP contribution in [-0.4, -0.2) is 39.4 Å². The van der Waals surface area contributed by atoms with Crippen LogP contribution in [0.15, 0.2) is 18.2 Å². The molecule has 20 heavy (non-hydrogen) atoms. The van der Waals surface area contributed by atoms with Gasteiger partial charge in [-0.3, -0.25) is 14.9 Å². The highest BCUT2D eigenvalue weighted by Gasteiger charge is 2.37. The molecule has 2 rings (SSSR count). The lowest BCUT2D eigenvalue weighted by Gasteiger charge is -2.21. The molecule has 1 saturated heterocycles. The first-order valence-electron chi connectivity index (χ1n) is 5.90. The van der Waals surface area contributed by atoms with E-state index in [1.807, 2.05) is 0 Å². The number of nitro groups is 1. The summed E-state index contributed by atoms with van der Waals surface area (Å²) in [6, 6.07) is 2.95. The Labute approximate surface area is 118 Å². The molecule has 1 heterocycles. The molecule has 0 saturated carbocycles. The number of hydrogen-bond acceptors (Lipinski definition) is 4. The third-order valence-electron chi connectivity index (χ3n) is 3.20. The highest BCUT2D eigenvalue weighted by molar-refractivity contribution is 6.34. The number of carbonyl (C=O) groups excluding carboxylic acids is 1. The standard InChI is InChI=1S/C12H11ClN2O5/c13-7-3-1-4-8(15(19)20)10(7)11(16)14-6-2-5-9(14)12(17)18/h1,3-4,9H,2,5-6H2,(H,17,18)/t9-/m0/s1. The second kappa shape index (κ2) is 5.46. The predicted octanol–water partition coefficient (Wildman–Crippen LogP) is 1.94. The fourth-order valence-electron chi connectivity index (χ4n) is 2.29. The monoisotopic (exact) mass is 298 g/mol. The Morgan fingerprint density at radius 3 is 2.75 bits per heavy atom. The van der Waals surface area contributed by atoms with Gasteiger partial charge in [0.15, 0.2) is 0 Å². The normalized spacial score (nSPS) is 18.1. The van der Waals surface area contributed by atoms with Crippen molar-refractivity contribution in [3.63, 3.8) is 0 Å². The molecule has 0 bridgehead atoms. The van der Waals surface area contributed by atoms with Gasteiger partial charge in [-0.1, -0.05) is 17.7 Å². The molecule has 1 aromatic carbocycles. The van der Waals surface area contributed by atoms with E-state index in [-0.39, 0.29) is 17.1 Å². The molecule has 0 spiro atoms. The van der Waals surface area contributed by atoms with Crippen LogP contribution in [0.3, 0.4) is 0 Å². The average Bonchev–Trinajstić information content (AvgIpc) is 2.86. The Kier molecular flexibility index (Phi) is 3.89. The summed E-state index contributed by atoms with van der Waals surface area (Å²) in [4.78, 5) is 34.9. The molecule has 0 unspecified atom stereocenters. The van der Waals surface area contributed by atoms with E-state index in [2.05, 4.69) is 0 Å². The van der Waals surface area contributed by atoms with Crippen LogP contribution in [0.1, 0.15) is 23.2 Å².